The van der Waals surface area contributed by atoms with Gasteiger partial charge in [-0.15, -0.1) is 0 Å². The van der Waals surface area contributed by atoms with E-state index in [1.165, 1.54) is 6.20 Å². The number of rotatable bonds is 2. The van der Waals surface area contributed by atoms with E-state index in [1.54, 1.807) is 12.3 Å². The fraction of sp³-hybridized carbons (Fsp3) is 0.583. The Hall–Kier alpha value is -1.07. The van der Waals surface area contributed by atoms with Crippen LogP contribution in [0.15, 0.2) is 18.5 Å². The van der Waals surface area contributed by atoms with Crippen molar-refractivity contribution in [3.63, 3.8) is 0 Å². The van der Waals surface area contributed by atoms with Crippen LogP contribution in [0.5, 0.6) is 5.75 Å². The van der Waals surface area contributed by atoms with E-state index < -0.39 is 25.4 Å². The predicted molar refractivity (Wildman–Crippen MR) is 66.5 cm³/mol. The molecule has 0 unspecified atom stereocenters. The molecule has 2 heterocycles. The summed E-state index contributed by atoms with van der Waals surface area (Å²) in [7, 11) is -3.22. The molecule has 1 aromatic rings. The van der Waals surface area contributed by atoms with E-state index in [0.717, 1.165) is 0 Å². The largest absolute Gasteiger partial charge is 0.498 e. The predicted octanol–water partition coefficient (Wildman–Crippen LogP) is 1.39. The van der Waals surface area contributed by atoms with E-state index in [0.29, 0.717) is 5.46 Å². The summed E-state index contributed by atoms with van der Waals surface area (Å²) in [5.74, 6) is 0.144. The molecule has 0 amide bonds. The third-order valence-electron chi connectivity index (χ3n) is 3.43. The first-order chi connectivity index (χ1) is 9.02. The molecule has 0 aliphatic carbocycles. The molecule has 17 heavy (non-hydrogen) atoms. The van der Waals surface area contributed by atoms with E-state index >= 15 is 0 Å². The number of hydrogen-bond acceptors (Lipinski definition) is 4. The standard InChI is InChI=1S/C12H18BNO3/c1-11(2)12(3,4)17-13(16-11)9-6-7-14-8-10(9)15-5/h6-8H,1-5H3/i5D3. The smallest absolute Gasteiger partial charge is 0.496 e. The Bertz CT molecular complexity index is 489. The minimum Gasteiger partial charge on any atom is -0.496 e. The highest BCUT2D eigenvalue weighted by atomic mass is 16.7. The number of pyridine rings is 1. The molecule has 92 valence electrons. The van der Waals surface area contributed by atoms with Crippen molar-refractivity contribution in [2.45, 2.75) is 38.9 Å². The first kappa shape index (κ1) is 8.94. The van der Waals surface area contributed by atoms with Gasteiger partial charge >= 0.3 is 7.12 Å². The number of aromatic nitrogens is 1. The summed E-state index contributed by atoms with van der Waals surface area (Å²) in [6.45, 7) is 7.72. The molecule has 4 nitrogen and oxygen atoms in total. The normalized spacial score (nSPS) is 24.9. The molecule has 1 aliphatic rings. The highest BCUT2D eigenvalue weighted by Gasteiger charge is 2.52. The summed E-state index contributed by atoms with van der Waals surface area (Å²) >= 11 is 0. The summed E-state index contributed by atoms with van der Waals surface area (Å²) in [5.41, 5.74) is -0.481. The number of methoxy groups -OCH3 is 1. The molecule has 0 spiro atoms. The van der Waals surface area contributed by atoms with Crippen LogP contribution in [-0.4, -0.2) is 30.3 Å². The Kier molecular flexibility index (Phi) is 2.10. The van der Waals surface area contributed by atoms with Crippen LogP contribution in [0, 0.1) is 0 Å². The first-order valence-corrected chi connectivity index (χ1v) is 5.50. The fourth-order valence-electron chi connectivity index (χ4n) is 1.64. The lowest BCUT2D eigenvalue weighted by Gasteiger charge is -2.32. The van der Waals surface area contributed by atoms with Gasteiger partial charge in [0.1, 0.15) is 5.75 Å². The number of ether oxygens (including phenoxy) is 1. The Balaban J connectivity index is 2.31. The molecule has 1 fully saturated rings. The maximum atomic E-state index is 7.19. The second-order valence-corrected chi connectivity index (χ2v) is 5.10. The van der Waals surface area contributed by atoms with Crippen molar-refractivity contribution in [1.29, 1.82) is 0 Å². The van der Waals surface area contributed by atoms with E-state index in [2.05, 4.69) is 4.98 Å². The van der Waals surface area contributed by atoms with Gasteiger partial charge < -0.3 is 14.0 Å². The van der Waals surface area contributed by atoms with E-state index in [-0.39, 0.29) is 5.75 Å². The highest BCUT2D eigenvalue weighted by Crippen LogP contribution is 2.36. The third-order valence-corrected chi connectivity index (χ3v) is 3.43. The second kappa shape index (κ2) is 4.00. The lowest BCUT2D eigenvalue weighted by Crippen LogP contribution is -2.41. The number of hydrogen-bond donors (Lipinski definition) is 0. The zero-order valence-corrected chi connectivity index (χ0v) is 10.5. The first-order valence-electron chi connectivity index (χ1n) is 7.00. The van der Waals surface area contributed by atoms with Crippen molar-refractivity contribution in [1.82, 2.24) is 4.98 Å². The maximum absolute atomic E-state index is 7.19. The van der Waals surface area contributed by atoms with Gasteiger partial charge in [-0.2, -0.15) is 0 Å². The molecule has 1 aliphatic heterocycles. The lowest BCUT2D eigenvalue weighted by atomic mass is 9.79. The van der Waals surface area contributed by atoms with Crippen molar-refractivity contribution >= 4 is 12.6 Å². The average molecular weight is 238 g/mol. The van der Waals surface area contributed by atoms with Gasteiger partial charge in [0.2, 0.25) is 0 Å². The van der Waals surface area contributed by atoms with Crippen LogP contribution in [0.25, 0.3) is 0 Å². The summed E-state index contributed by atoms with van der Waals surface area (Å²) in [6, 6.07) is 1.64. The maximum Gasteiger partial charge on any atom is 0.498 e. The molecule has 0 N–H and O–H groups in total. The molecule has 0 radical (unpaired) electrons. The molecule has 5 heteroatoms. The molecule has 0 saturated carbocycles. The lowest BCUT2D eigenvalue weighted by molar-refractivity contribution is 0.00578. The Morgan fingerprint density at radius 2 is 1.94 bits per heavy atom. The van der Waals surface area contributed by atoms with E-state index in [9.17, 15) is 0 Å². The van der Waals surface area contributed by atoms with Crippen LogP contribution in [0.2, 0.25) is 0 Å². The molecule has 0 aromatic carbocycles. The molecule has 0 bridgehead atoms. The van der Waals surface area contributed by atoms with Crippen LogP contribution >= 0.6 is 0 Å². The van der Waals surface area contributed by atoms with Gasteiger partial charge in [0.25, 0.3) is 0 Å². The molecular formula is C12H18BNO3. The van der Waals surface area contributed by atoms with Gasteiger partial charge in [-0.05, 0) is 33.8 Å². The van der Waals surface area contributed by atoms with Crippen LogP contribution in [0.4, 0.5) is 0 Å². The zero-order chi connectivity index (χ0) is 15.2. The minimum atomic E-state index is -2.54. The second-order valence-electron chi connectivity index (χ2n) is 5.10. The van der Waals surface area contributed by atoms with Gasteiger partial charge in [0, 0.05) is 11.7 Å². The summed E-state index contributed by atoms with van der Waals surface area (Å²) in [6.07, 6.45) is 2.90. The Labute approximate surface area is 107 Å². The van der Waals surface area contributed by atoms with Gasteiger partial charge in [0.05, 0.1) is 28.5 Å². The van der Waals surface area contributed by atoms with Crippen molar-refractivity contribution in [3.05, 3.63) is 18.5 Å². The van der Waals surface area contributed by atoms with Crippen molar-refractivity contribution < 1.29 is 18.2 Å². The van der Waals surface area contributed by atoms with Crippen LogP contribution in [0.1, 0.15) is 31.8 Å². The van der Waals surface area contributed by atoms with Crippen molar-refractivity contribution in [3.8, 4) is 5.75 Å². The third kappa shape index (κ3) is 2.05. The Morgan fingerprint density at radius 1 is 1.29 bits per heavy atom. The topological polar surface area (TPSA) is 40.6 Å². The number of nitrogens with zero attached hydrogens (tertiary/aromatic N) is 1. The summed E-state index contributed by atoms with van der Waals surface area (Å²) in [4.78, 5) is 3.89. The molecule has 0 atom stereocenters. The Morgan fingerprint density at radius 3 is 2.53 bits per heavy atom. The zero-order valence-electron chi connectivity index (χ0n) is 13.5. The highest BCUT2D eigenvalue weighted by molar-refractivity contribution is 6.63. The van der Waals surface area contributed by atoms with Crippen LogP contribution < -0.4 is 10.2 Å². The van der Waals surface area contributed by atoms with Gasteiger partial charge in [-0.25, -0.2) is 0 Å². The van der Waals surface area contributed by atoms with Gasteiger partial charge in [-0.1, -0.05) is 0 Å². The van der Waals surface area contributed by atoms with E-state index in [4.69, 9.17) is 18.2 Å². The van der Waals surface area contributed by atoms with Gasteiger partial charge in [-0.3, -0.25) is 4.98 Å². The van der Waals surface area contributed by atoms with Crippen molar-refractivity contribution in [2.24, 2.45) is 0 Å². The van der Waals surface area contributed by atoms with Crippen LogP contribution in [0.3, 0.4) is 0 Å². The fourth-order valence-corrected chi connectivity index (χ4v) is 1.64. The van der Waals surface area contributed by atoms with Crippen molar-refractivity contribution in [2.75, 3.05) is 7.04 Å². The summed E-state index contributed by atoms with van der Waals surface area (Å²) in [5, 5.41) is 0. The SMILES string of the molecule is [2H]C([2H])([2H])Oc1cnccc1B1OC(C)(C)C(C)(C)O1. The molecular weight excluding hydrogens is 217 g/mol. The van der Waals surface area contributed by atoms with Crippen LogP contribution in [-0.2, 0) is 9.31 Å². The van der Waals surface area contributed by atoms with E-state index in [1.807, 2.05) is 27.7 Å². The molecule has 2 rings (SSSR count). The van der Waals surface area contributed by atoms with Gasteiger partial charge in [0.15, 0.2) is 0 Å². The summed E-state index contributed by atoms with van der Waals surface area (Å²) < 4.78 is 38.3. The monoisotopic (exact) mass is 238 g/mol. The molecule has 1 aromatic heterocycles. The molecule has 1 saturated heterocycles. The quantitative estimate of drug-likeness (QED) is 0.730. The average Bonchev–Trinajstić information content (AvgIpc) is 2.46. The minimum absolute atomic E-state index is 0.144.